The van der Waals surface area contributed by atoms with Crippen LogP contribution in [-0.4, -0.2) is 13.3 Å². The van der Waals surface area contributed by atoms with Crippen LogP contribution >= 0.6 is 0 Å². The Labute approximate surface area is 354 Å². The van der Waals surface area contributed by atoms with Crippen molar-refractivity contribution in [1.82, 2.24) is 9.13 Å². The van der Waals surface area contributed by atoms with Gasteiger partial charge in [-0.15, -0.1) is 0 Å². The molecule has 1 aliphatic rings. The zero-order valence-electron chi connectivity index (χ0n) is 33.0. The highest BCUT2D eigenvalue weighted by Gasteiger charge is 2.31. The van der Waals surface area contributed by atoms with Crippen LogP contribution in [-0.2, 0) is 9.73 Å². The maximum absolute atomic E-state index is 15.6. The fourth-order valence-electron chi connectivity index (χ4n) is 9.36. The van der Waals surface area contributed by atoms with Gasteiger partial charge in [0.1, 0.15) is 9.73 Å². The third kappa shape index (κ3) is 5.55. The summed E-state index contributed by atoms with van der Waals surface area (Å²) in [5.41, 5.74) is 13.6. The van der Waals surface area contributed by atoms with Gasteiger partial charge in [-0.25, -0.2) is 4.21 Å². The van der Waals surface area contributed by atoms with Gasteiger partial charge in [0.2, 0.25) is 0 Å². The van der Waals surface area contributed by atoms with E-state index in [-0.39, 0.29) is 0 Å². The van der Waals surface area contributed by atoms with Crippen LogP contribution in [0.1, 0.15) is 16.7 Å². The zero-order chi connectivity index (χ0) is 40.5. The molecule has 11 aromatic rings. The second-order valence-electron chi connectivity index (χ2n) is 15.6. The monoisotopic (exact) mass is 799 g/mol. The van der Waals surface area contributed by atoms with Gasteiger partial charge in [-0.1, -0.05) is 146 Å². The van der Waals surface area contributed by atoms with Gasteiger partial charge in [-0.2, -0.15) is 4.36 Å². The van der Waals surface area contributed by atoms with Crippen LogP contribution in [0.25, 0.3) is 77.4 Å². The minimum absolute atomic E-state index is 0.691. The van der Waals surface area contributed by atoms with E-state index in [9.17, 15) is 0 Å². The molecule has 61 heavy (non-hydrogen) atoms. The molecule has 0 saturated heterocycles. The molecular formula is C56H37N3OS. The molecule has 1 aliphatic heterocycles. The topological polar surface area (TPSA) is 39.3 Å². The minimum Gasteiger partial charge on any atom is -0.309 e. The van der Waals surface area contributed by atoms with Crippen molar-refractivity contribution < 1.29 is 4.21 Å². The van der Waals surface area contributed by atoms with Crippen LogP contribution in [0.4, 0.5) is 0 Å². The fraction of sp³-hybridized carbons (Fsp3) is 0. The number of hydrogen-bond acceptors (Lipinski definition) is 2. The maximum Gasteiger partial charge on any atom is 0.109 e. The maximum atomic E-state index is 15.6. The summed E-state index contributed by atoms with van der Waals surface area (Å²) in [5.74, 6) is 0. The summed E-state index contributed by atoms with van der Waals surface area (Å²) in [4.78, 5) is 1.41. The summed E-state index contributed by atoms with van der Waals surface area (Å²) >= 11 is 0. The van der Waals surface area contributed by atoms with E-state index >= 15 is 4.21 Å². The lowest BCUT2D eigenvalue weighted by molar-refractivity contribution is 0.676. The molecule has 0 radical (unpaired) electrons. The lowest BCUT2D eigenvalue weighted by Gasteiger charge is -2.26. The molecule has 0 N–H and O–H groups in total. The summed E-state index contributed by atoms with van der Waals surface area (Å²) < 4.78 is 25.6. The van der Waals surface area contributed by atoms with E-state index in [0.717, 1.165) is 55.9 Å². The first-order valence-corrected chi connectivity index (χ1v) is 22.1. The number of aromatic nitrogens is 2. The van der Waals surface area contributed by atoms with Gasteiger partial charge in [-0.05, 0) is 95.6 Å². The summed E-state index contributed by atoms with van der Waals surface area (Å²) in [6, 6.07) is 78.3. The minimum atomic E-state index is -3.06. The molecule has 9 aromatic carbocycles. The van der Waals surface area contributed by atoms with Crippen LogP contribution in [0.3, 0.4) is 0 Å². The Kier molecular flexibility index (Phi) is 8.05. The Morgan fingerprint density at radius 3 is 1.43 bits per heavy atom. The zero-order valence-corrected chi connectivity index (χ0v) is 33.8. The van der Waals surface area contributed by atoms with Crippen LogP contribution in [0.5, 0.6) is 0 Å². The van der Waals surface area contributed by atoms with E-state index < -0.39 is 9.73 Å². The molecule has 0 saturated carbocycles. The van der Waals surface area contributed by atoms with E-state index in [4.69, 9.17) is 4.36 Å². The molecule has 3 heterocycles. The Hall–Kier alpha value is -7.73. The van der Waals surface area contributed by atoms with Crippen molar-refractivity contribution in [2.45, 2.75) is 9.79 Å². The van der Waals surface area contributed by atoms with Crippen LogP contribution in [0, 0.1) is 0 Å². The molecule has 2 aromatic heterocycles. The van der Waals surface area contributed by atoms with Crippen molar-refractivity contribution in [2.75, 3.05) is 0 Å². The lowest BCUT2D eigenvalue weighted by atomic mass is 9.93. The van der Waals surface area contributed by atoms with Gasteiger partial charge in [0.25, 0.3) is 0 Å². The van der Waals surface area contributed by atoms with Gasteiger partial charge in [0.05, 0.1) is 37.6 Å². The number of benzene rings is 9. The third-order valence-electron chi connectivity index (χ3n) is 12.1. The van der Waals surface area contributed by atoms with Crippen molar-refractivity contribution in [3.05, 3.63) is 241 Å². The molecule has 4 nitrogen and oxygen atoms in total. The number of rotatable bonds is 6. The Bertz CT molecular complexity index is 3670. The Morgan fingerprint density at radius 2 is 0.836 bits per heavy atom. The quantitative estimate of drug-likeness (QED) is 0.165. The lowest BCUT2D eigenvalue weighted by Crippen LogP contribution is -2.12. The van der Waals surface area contributed by atoms with Crippen molar-refractivity contribution in [1.29, 1.82) is 0 Å². The number of hydrogen-bond donors (Lipinski definition) is 0. The molecule has 5 heteroatoms. The van der Waals surface area contributed by atoms with Crippen molar-refractivity contribution in [3.63, 3.8) is 0 Å². The standard InChI is InChI=1S/C56H37N3OS/c60-61(44-23-11-4-12-24-44)54-34-31-43(37-49(54)55(38-17-5-1-6-18-38)56(57-61)39-19-7-2-8-20-39)59-51-28-16-14-26-46(51)48-36-41(30-33-53(48)59)40-29-32-52-47(35-40)45-25-13-15-27-50(45)58(52)42-21-9-3-10-22-42/h1-37H. The average molecular weight is 800 g/mol. The predicted molar refractivity (Wildman–Crippen MR) is 253 cm³/mol. The highest BCUT2D eigenvalue weighted by molar-refractivity contribution is 7.94. The normalized spacial score (nSPS) is 15.1. The second-order valence-corrected chi connectivity index (χ2v) is 17.7. The number of fused-ring (bicyclic) bond motifs is 7. The average Bonchev–Trinajstić information content (AvgIpc) is 3.85. The van der Waals surface area contributed by atoms with E-state index in [0.29, 0.717) is 9.79 Å². The summed E-state index contributed by atoms with van der Waals surface area (Å²) in [6.07, 6.45) is 0. The Balaban J connectivity index is 1.07. The molecule has 288 valence electrons. The summed E-state index contributed by atoms with van der Waals surface area (Å²) in [7, 11) is -3.06. The van der Waals surface area contributed by atoms with Crippen LogP contribution in [0.15, 0.2) is 239 Å². The SMILES string of the molecule is O=S1(c2ccccc2)=NC(c2ccccc2)=C(c2ccccc2)c2cc(-n3c4ccccc4c4cc(-c5ccc6c(c5)c5ccccc5n6-c5ccccc5)ccc43)ccc21. The van der Waals surface area contributed by atoms with Crippen LogP contribution < -0.4 is 0 Å². The molecule has 0 aliphatic carbocycles. The van der Waals surface area contributed by atoms with Gasteiger partial charge >= 0.3 is 0 Å². The van der Waals surface area contributed by atoms with Crippen LogP contribution in [0.2, 0.25) is 0 Å². The first-order valence-electron chi connectivity index (χ1n) is 20.6. The van der Waals surface area contributed by atoms with Gasteiger partial charge in [0.15, 0.2) is 0 Å². The molecule has 0 bridgehead atoms. The highest BCUT2D eigenvalue weighted by atomic mass is 32.2. The number of nitrogens with zero attached hydrogens (tertiary/aromatic N) is 3. The first-order chi connectivity index (χ1) is 30.1. The second kappa shape index (κ2) is 13.9. The summed E-state index contributed by atoms with van der Waals surface area (Å²) in [6.45, 7) is 0. The van der Waals surface area contributed by atoms with Crippen molar-refractivity contribution in [3.8, 4) is 22.5 Å². The molecule has 0 fully saturated rings. The number of para-hydroxylation sites is 3. The molecule has 0 spiro atoms. The van der Waals surface area contributed by atoms with E-state index in [1.54, 1.807) is 0 Å². The Morgan fingerprint density at radius 1 is 0.361 bits per heavy atom. The molecule has 1 unspecified atom stereocenters. The molecular weight excluding hydrogens is 763 g/mol. The van der Waals surface area contributed by atoms with E-state index in [2.05, 4.69) is 173 Å². The van der Waals surface area contributed by atoms with Gasteiger partial charge in [-0.3, -0.25) is 0 Å². The van der Waals surface area contributed by atoms with Gasteiger partial charge < -0.3 is 9.13 Å². The van der Waals surface area contributed by atoms with Crippen molar-refractivity contribution in [2.24, 2.45) is 4.36 Å². The third-order valence-corrected chi connectivity index (χ3v) is 14.4. The molecule has 0 amide bonds. The summed E-state index contributed by atoms with van der Waals surface area (Å²) in [5, 5.41) is 4.80. The van der Waals surface area contributed by atoms with Gasteiger partial charge in [0, 0.05) is 49.6 Å². The highest BCUT2D eigenvalue weighted by Crippen LogP contribution is 2.46. The molecule has 12 rings (SSSR count). The smallest absolute Gasteiger partial charge is 0.109 e. The first kappa shape index (κ1) is 35.2. The fourth-order valence-corrected chi connectivity index (χ4v) is 11.5. The van der Waals surface area contributed by atoms with Crippen molar-refractivity contribution >= 4 is 64.6 Å². The molecule has 1 atom stereocenters. The largest absolute Gasteiger partial charge is 0.309 e. The van der Waals surface area contributed by atoms with E-state index in [1.165, 1.54) is 38.1 Å². The van der Waals surface area contributed by atoms with E-state index in [1.807, 2.05) is 60.7 Å². The predicted octanol–water partition coefficient (Wildman–Crippen LogP) is 14.4.